The molecule has 0 saturated heterocycles. The topological polar surface area (TPSA) is 52.6 Å². The number of esters is 2. The maximum atomic E-state index is 11.2. The lowest BCUT2D eigenvalue weighted by molar-refractivity contribution is -0.145. The fourth-order valence-electron chi connectivity index (χ4n) is 1.10. The summed E-state index contributed by atoms with van der Waals surface area (Å²) in [6.07, 6.45) is 2.92. The molecular weight excluding hydrogens is 208 g/mol. The van der Waals surface area contributed by atoms with Crippen molar-refractivity contribution in [1.82, 2.24) is 0 Å². The SMILES string of the molecule is CC(=O)OCCCCCC(=O)OCC(C)C. The molecule has 0 bridgehead atoms. The lowest BCUT2D eigenvalue weighted by Gasteiger charge is -2.06. The van der Waals surface area contributed by atoms with Crippen LogP contribution in [0.1, 0.15) is 46.5 Å². The predicted molar refractivity (Wildman–Crippen MR) is 60.9 cm³/mol. The van der Waals surface area contributed by atoms with Crippen LogP contribution < -0.4 is 0 Å². The van der Waals surface area contributed by atoms with E-state index in [1.165, 1.54) is 6.92 Å². The van der Waals surface area contributed by atoms with Gasteiger partial charge in [-0.25, -0.2) is 0 Å². The molecule has 0 saturated carbocycles. The summed E-state index contributed by atoms with van der Waals surface area (Å²) in [5.74, 6) is -0.00885. The van der Waals surface area contributed by atoms with Gasteiger partial charge >= 0.3 is 11.9 Å². The number of ether oxygens (including phenoxy) is 2. The van der Waals surface area contributed by atoms with Crippen LogP contribution in [0.4, 0.5) is 0 Å². The van der Waals surface area contributed by atoms with Crippen molar-refractivity contribution in [3.8, 4) is 0 Å². The predicted octanol–water partition coefficient (Wildman–Crippen LogP) is 2.31. The number of hydrogen-bond donors (Lipinski definition) is 0. The van der Waals surface area contributed by atoms with Gasteiger partial charge < -0.3 is 9.47 Å². The highest BCUT2D eigenvalue weighted by Crippen LogP contribution is 2.03. The third-order valence-electron chi connectivity index (χ3n) is 1.91. The monoisotopic (exact) mass is 230 g/mol. The van der Waals surface area contributed by atoms with Gasteiger partial charge in [-0.1, -0.05) is 13.8 Å². The molecule has 0 rings (SSSR count). The molecule has 16 heavy (non-hydrogen) atoms. The zero-order valence-corrected chi connectivity index (χ0v) is 10.5. The molecule has 0 atom stereocenters. The molecule has 0 aromatic heterocycles. The number of rotatable bonds is 8. The van der Waals surface area contributed by atoms with E-state index in [0.29, 0.717) is 25.6 Å². The minimum Gasteiger partial charge on any atom is -0.466 e. The summed E-state index contributed by atoms with van der Waals surface area (Å²) in [5.41, 5.74) is 0. The van der Waals surface area contributed by atoms with Crippen molar-refractivity contribution < 1.29 is 19.1 Å². The minimum atomic E-state index is -0.253. The quantitative estimate of drug-likeness (QED) is 0.474. The van der Waals surface area contributed by atoms with Gasteiger partial charge in [0, 0.05) is 13.3 Å². The summed E-state index contributed by atoms with van der Waals surface area (Å²) in [5, 5.41) is 0. The summed E-state index contributed by atoms with van der Waals surface area (Å²) in [6, 6.07) is 0. The summed E-state index contributed by atoms with van der Waals surface area (Å²) in [4.78, 5) is 21.6. The Balaban J connectivity index is 3.24. The Morgan fingerprint density at radius 1 is 1.06 bits per heavy atom. The average molecular weight is 230 g/mol. The number of carbonyl (C=O) groups excluding carboxylic acids is 2. The fourth-order valence-corrected chi connectivity index (χ4v) is 1.10. The first kappa shape index (κ1) is 14.9. The largest absolute Gasteiger partial charge is 0.466 e. The molecule has 94 valence electrons. The van der Waals surface area contributed by atoms with Gasteiger partial charge in [-0.2, -0.15) is 0 Å². The van der Waals surface area contributed by atoms with Gasteiger partial charge in [0.25, 0.3) is 0 Å². The molecule has 0 aliphatic rings. The Morgan fingerprint density at radius 3 is 2.31 bits per heavy atom. The highest BCUT2D eigenvalue weighted by atomic mass is 16.5. The molecule has 0 radical (unpaired) electrons. The number of carbonyl (C=O) groups is 2. The smallest absolute Gasteiger partial charge is 0.305 e. The van der Waals surface area contributed by atoms with Gasteiger partial charge in [0.15, 0.2) is 0 Å². The van der Waals surface area contributed by atoms with Crippen LogP contribution in [0.3, 0.4) is 0 Å². The Kier molecular flexibility index (Phi) is 8.58. The summed E-state index contributed by atoms with van der Waals surface area (Å²) in [6.45, 7) is 6.34. The highest BCUT2D eigenvalue weighted by molar-refractivity contribution is 5.69. The molecule has 0 aromatic carbocycles. The first-order valence-electron chi connectivity index (χ1n) is 5.81. The van der Waals surface area contributed by atoms with E-state index in [-0.39, 0.29) is 11.9 Å². The summed E-state index contributed by atoms with van der Waals surface area (Å²) >= 11 is 0. The van der Waals surface area contributed by atoms with E-state index >= 15 is 0 Å². The summed E-state index contributed by atoms with van der Waals surface area (Å²) in [7, 11) is 0. The first-order valence-corrected chi connectivity index (χ1v) is 5.81. The minimum absolute atomic E-state index is 0.138. The first-order chi connectivity index (χ1) is 7.52. The standard InChI is InChI=1S/C12H22O4/c1-10(2)9-16-12(14)7-5-4-6-8-15-11(3)13/h10H,4-9H2,1-3H3. The average Bonchev–Trinajstić information content (AvgIpc) is 2.19. The van der Waals surface area contributed by atoms with Gasteiger partial charge in [0.1, 0.15) is 0 Å². The maximum absolute atomic E-state index is 11.2. The number of unbranched alkanes of at least 4 members (excludes halogenated alkanes) is 2. The van der Waals surface area contributed by atoms with Crippen LogP contribution in [0.2, 0.25) is 0 Å². The van der Waals surface area contributed by atoms with Crippen molar-refractivity contribution in [2.24, 2.45) is 5.92 Å². The van der Waals surface area contributed by atoms with E-state index < -0.39 is 0 Å². The van der Waals surface area contributed by atoms with E-state index in [1.807, 2.05) is 13.8 Å². The molecule has 4 heteroatoms. The molecule has 0 amide bonds. The maximum Gasteiger partial charge on any atom is 0.305 e. The van der Waals surface area contributed by atoms with Crippen molar-refractivity contribution in [2.45, 2.75) is 46.5 Å². The van der Waals surface area contributed by atoms with Gasteiger partial charge in [0.05, 0.1) is 13.2 Å². The zero-order chi connectivity index (χ0) is 12.4. The van der Waals surface area contributed by atoms with E-state index in [0.717, 1.165) is 19.3 Å². The Bertz CT molecular complexity index is 211. The van der Waals surface area contributed by atoms with Crippen LogP contribution in [0.25, 0.3) is 0 Å². The molecule has 0 fully saturated rings. The van der Waals surface area contributed by atoms with Crippen LogP contribution in [0.5, 0.6) is 0 Å². The number of hydrogen-bond acceptors (Lipinski definition) is 4. The molecule has 0 spiro atoms. The van der Waals surface area contributed by atoms with Crippen LogP contribution in [-0.4, -0.2) is 25.2 Å². The second-order valence-corrected chi connectivity index (χ2v) is 4.23. The van der Waals surface area contributed by atoms with E-state index in [4.69, 9.17) is 9.47 Å². The van der Waals surface area contributed by atoms with Crippen molar-refractivity contribution >= 4 is 11.9 Å². The Labute approximate surface area is 97.3 Å². The second kappa shape index (κ2) is 9.19. The molecule has 0 aliphatic heterocycles. The van der Waals surface area contributed by atoms with Gasteiger partial charge in [-0.3, -0.25) is 9.59 Å². The van der Waals surface area contributed by atoms with Crippen LogP contribution in [0, 0.1) is 5.92 Å². The van der Waals surface area contributed by atoms with Crippen molar-refractivity contribution in [3.05, 3.63) is 0 Å². The van der Waals surface area contributed by atoms with Crippen LogP contribution >= 0.6 is 0 Å². The van der Waals surface area contributed by atoms with Crippen LogP contribution in [-0.2, 0) is 19.1 Å². The third-order valence-corrected chi connectivity index (χ3v) is 1.91. The van der Waals surface area contributed by atoms with Gasteiger partial charge in [-0.05, 0) is 25.2 Å². The Hall–Kier alpha value is -1.06. The molecule has 4 nitrogen and oxygen atoms in total. The van der Waals surface area contributed by atoms with Crippen molar-refractivity contribution in [3.63, 3.8) is 0 Å². The van der Waals surface area contributed by atoms with Crippen molar-refractivity contribution in [2.75, 3.05) is 13.2 Å². The zero-order valence-electron chi connectivity index (χ0n) is 10.5. The Morgan fingerprint density at radius 2 is 1.75 bits per heavy atom. The highest BCUT2D eigenvalue weighted by Gasteiger charge is 2.03. The summed E-state index contributed by atoms with van der Waals surface area (Å²) < 4.78 is 9.80. The molecule has 0 heterocycles. The van der Waals surface area contributed by atoms with E-state index in [1.54, 1.807) is 0 Å². The van der Waals surface area contributed by atoms with E-state index in [9.17, 15) is 9.59 Å². The van der Waals surface area contributed by atoms with E-state index in [2.05, 4.69) is 0 Å². The normalized spacial score (nSPS) is 10.2. The van der Waals surface area contributed by atoms with Gasteiger partial charge in [-0.15, -0.1) is 0 Å². The molecular formula is C12H22O4. The molecule has 0 N–H and O–H groups in total. The second-order valence-electron chi connectivity index (χ2n) is 4.23. The lowest BCUT2D eigenvalue weighted by Crippen LogP contribution is -2.09. The lowest BCUT2D eigenvalue weighted by atomic mass is 10.2. The fraction of sp³-hybridized carbons (Fsp3) is 0.833. The molecule has 0 aromatic rings. The van der Waals surface area contributed by atoms with Crippen LogP contribution in [0.15, 0.2) is 0 Å². The third kappa shape index (κ3) is 11.0. The molecule has 0 unspecified atom stereocenters. The van der Waals surface area contributed by atoms with Crippen molar-refractivity contribution in [1.29, 1.82) is 0 Å². The van der Waals surface area contributed by atoms with Gasteiger partial charge in [0.2, 0.25) is 0 Å². The molecule has 0 aliphatic carbocycles.